The van der Waals surface area contributed by atoms with Gasteiger partial charge in [-0.25, -0.2) is 0 Å². The number of ketones is 1. The molecule has 0 bridgehead atoms. The maximum absolute atomic E-state index is 11.7. The molecule has 0 saturated carbocycles. The van der Waals surface area contributed by atoms with Gasteiger partial charge in [-0.1, -0.05) is 18.2 Å². The van der Waals surface area contributed by atoms with E-state index >= 15 is 0 Å². The highest BCUT2D eigenvalue weighted by atomic mass is 16.5. The summed E-state index contributed by atoms with van der Waals surface area (Å²) in [6, 6.07) is 10.4. The Kier molecular flexibility index (Phi) is 4.73. The molecule has 0 radical (unpaired) electrons. The number of azo groups is 1. The van der Waals surface area contributed by atoms with Crippen molar-refractivity contribution in [3.05, 3.63) is 42.0 Å². The molecule has 6 nitrogen and oxygen atoms in total. The quantitative estimate of drug-likeness (QED) is 0.667. The van der Waals surface area contributed by atoms with Gasteiger partial charge in [0.25, 0.3) is 0 Å². The molecule has 0 unspecified atom stereocenters. The zero-order valence-electron chi connectivity index (χ0n) is 12.5. The number of ether oxygens (including phenoxy) is 2. The lowest BCUT2D eigenvalue weighted by Crippen LogP contribution is -2.00. The predicted octanol–water partition coefficient (Wildman–Crippen LogP) is 4.03. The Labute approximate surface area is 128 Å². The van der Waals surface area contributed by atoms with Crippen molar-refractivity contribution < 1.29 is 19.4 Å². The third-order valence-electron chi connectivity index (χ3n) is 3.00. The van der Waals surface area contributed by atoms with Crippen LogP contribution in [0.2, 0.25) is 0 Å². The van der Waals surface area contributed by atoms with Gasteiger partial charge in [0.15, 0.2) is 23.0 Å². The number of benzene rings is 2. The van der Waals surface area contributed by atoms with Crippen LogP contribution in [0, 0.1) is 0 Å². The maximum atomic E-state index is 11.7. The minimum atomic E-state index is -0.340. The fourth-order valence-electron chi connectivity index (χ4n) is 2.00. The van der Waals surface area contributed by atoms with E-state index in [4.69, 9.17) is 9.47 Å². The number of phenols is 1. The lowest BCUT2D eigenvalue weighted by molar-refractivity contribution is 0.101. The van der Waals surface area contributed by atoms with Crippen molar-refractivity contribution in [3.8, 4) is 17.2 Å². The number of phenolic OH excluding ortho intramolecular Hbond substituents is 1. The van der Waals surface area contributed by atoms with Gasteiger partial charge < -0.3 is 14.6 Å². The Morgan fingerprint density at radius 2 is 1.77 bits per heavy atom. The molecule has 0 aromatic heterocycles. The van der Waals surface area contributed by atoms with Crippen LogP contribution in [-0.2, 0) is 0 Å². The number of hydrogen-bond donors (Lipinski definition) is 1. The van der Waals surface area contributed by atoms with Crippen LogP contribution in [0.25, 0.3) is 0 Å². The molecule has 22 heavy (non-hydrogen) atoms. The van der Waals surface area contributed by atoms with Gasteiger partial charge in [-0.05, 0) is 19.1 Å². The fraction of sp³-hybridized carbons (Fsp3) is 0.188. The zero-order chi connectivity index (χ0) is 16.1. The summed E-state index contributed by atoms with van der Waals surface area (Å²) in [6.07, 6.45) is 0. The number of nitrogens with zero attached hydrogens (tertiary/aromatic N) is 2. The van der Waals surface area contributed by atoms with Crippen LogP contribution >= 0.6 is 0 Å². The highest BCUT2D eigenvalue weighted by Gasteiger charge is 2.22. The molecule has 0 heterocycles. The van der Waals surface area contributed by atoms with Crippen molar-refractivity contribution in [1.29, 1.82) is 0 Å². The first-order chi connectivity index (χ1) is 10.6. The molecule has 114 valence electrons. The molecule has 2 aromatic rings. The molecule has 0 spiro atoms. The summed E-state index contributed by atoms with van der Waals surface area (Å²) in [5.74, 6) is -0.170. The maximum Gasteiger partial charge on any atom is 0.170 e. The van der Waals surface area contributed by atoms with E-state index in [1.165, 1.54) is 27.2 Å². The predicted molar refractivity (Wildman–Crippen MR) is 81.8 cm³/mol. The van der Waals surface area contributed by atoms with Crippen LogP contribution in [0.3, 0.4) is 0 Å². The number of hydrogen-bond acceptors (Lipinski definition) is 6. The average molecular weight is 300 g/mol. The minimum Gasteiger partial charge on any atom is -0.507 e. The Hall–Kier alpha value is -2.89. The number of carbonyl (C=O) groups is 1. The minimum absolute atomic E-state index is 0.0466. The van der Waals surface area contributed by atoms with E-state index in [0.29, 0.717) is 5.69 Å². The van der Waals surface area contributed by atoms with E-state index in [-0.39, 0.29) is 34.3 Å². The van der Waals surface area contributed by atoms with Crippen molar-refractivity contribution in [3.63, 3.8) is 0 Å². The van der Waals surface area contributed by atoms with E-state index in [1.54, 1.807) is 12.1 Å². The van der Waals surface area contributed by atoms with Gasteiger partial charge in [-0.2, -0.15) is 5.11 Å². The van der Waals surface area contributed by atoms with E-state index in [1.807, 2.05) is 18.2 Å². The molecule has 2 aromatic carbocycles. The molecule has 0 aliphatic rings. The summed E-state index contributed by atoms with van der Waals surface area (Å²) in [5, 5.41) is 18.2. The van der Waals surface area contributed by atoms with Crippen molar-refractivity contribution in [2.24, 2.45) is 10.2 Å². The summed E-state index contributed by atoms with van der Waals surface area (Å²) in [4.78, 5) is 11.7. The summed E-state index contributed by atoms with van der Waals surface area (Å²) in [7, 11) is 2.82. The smallest absolute Gasteiger partial charge is 0.170 e. The second kappa shape index (κ2) is 6.71. The lowest BCUT2D eigenvalue weighted by Gasteiger charge is -2.13. The van der Waals surface area contributed by atoms with Crippen LogP contribution in [0.15, 0.2) is 46.6 Å². The molecule has 1 N–H and O–H groups in total. The number of rotatable bonds is 5. The molecule has 0 fully saturated rings. The SMILES string of the molecule is COc1cc(O)c(C(C)=O)c(OC)c1N=Nc1ccccc1. The van der Waals surface area contributed by atoms with E-state index in [2.05, 4.69) is 10.2 Å². The topological polar surface area (TPSA) is 80.5 Å². The van der Waals surface area contributed by atoms with Crippen molar-refractivity contribution in [2.75, 3.05) is 14.2 Å². The van der Waals surface area contributed by atoms with Gasteiger partial charge >= 0.3 is 0 Å². The van der Waals surface area contributed by atoms with Gasteiger partial charge in [0.2, 0.25) is 0 Å². The number of aromatic hydroxyl groups is 1. The second-order valence-corrected chi connectivity index (χ2v) is 4.45. The fourth-order valence-corrected chi connectivity index (χ4v) is 2.00. The molecule has 0 aliphatic carbocycles. The van der Waals surface area contributed by atoms with Gasteiger partial charge in [0, 0.05) is 6.07 Å². The molecular formula is C16H16N2O4. The van der Waals surface area contributed by atoms with E-state index < -0.39 is 0 Å². The van der Waals surface area contributed by atoms with Crippen molar-refractivity contribution >= 4 is 17.2 Å². The normalized spacial score (nSPS) is 10.7. The lowest BCUT2D eigenvalue weighted by atomic mass is 10.1. The third-order valence-corrected chi connectivity index (χ3v) is 3.00. The monoisotopic (exact) mass is 300 g/mol. The van der Waals surface area contributed by atoms with Crippen LogP contribution < -0.4 is 9.47 Å². The first kappa shape index (κ1) is 15.5. The van der Waals surface area contributed by atoms with Crippen molar-refractivity contribution in [2.45, 2.75) is 6.92 Å². The third kappa shape index (κ3) is 3.06. The Morgan fingerprint density at radius 3 is 2.32 bits per heavy atom. The second-order valence-electron chi connectivity index (χ2n) is 4.45. The van der Waals surface area contributed by atoms with Crippen LogP contribution in [0.5, 0.6) is 17.2 Å². The largest absolute Gasteiger partial charge is 0.507 e. The molecule has 6 heteroatoms. The van der Waals surface area contributed by atoms with Gasteiger partial charge in [-0.3, -0.25) is 4.79 Å². The molecule has 0 aliphatic heterocycles. The van der Waals surface area contributed by atoms with Crippen molar-refractivity contribution in [1.82, 2.24) is 0 Å². The van der Waals surface area contributed by atoms with Gasteiger partial charge in [0.05, 0.1) is 19.9 Å². The Morgan fingerprint density at radius 1 is 1.09 bits per heavy atom. The van der Waals surface area contributed by atoms with Crippen LogP contribution in [-0.4, -0.2) is 25.1 Å². The van der Waals surface area contributed by atoms with Crippen LogP contribution in [0.1, 0.15) is 17.3 Å². The average Bonchev–Trinajstić information content (AvgIpc) is 2.52. The highest BCUT2D eigenvalue weighted by molar-refractivity contribution is 6.02. The Bertz CT molecular complexity index is 712. The standard InChI is InChI=1S/C16H16N2O4/c1-10(19)14-12(20)9-13(21-2)15(16(14)22-3)18-17-11-7-5-4-6-8-11/h4-9,20H,1-3H3. The summed E-state index contributed by atoms with van der Waals surface area (Å²) in [5.41, 5.74) is 0.936. The zero-order valence-corrected chi connectivity index (χ0v) is 12.5. The van der Waals surface area contributed by atoms with E-state index in [9.17, 15) is 9.90 Å². The molecule has 0 amide bonds. The molecule has 0 atom stereocenters. The van der Waals surface area contributed by atoms with Gasteiger partial charge in [0.1, 0.15) is 11.3 Å². The summed E-state index contributed by atoms with van der Waals surface area (Å²) < 4.78 is 10.4. The molecule has 2 rings (SSSR count). The number of carbonyl (C=O) groups excluding carboxylic acids is 1. The highest BCUT2D eigenvalue weighted by Crippen LogP contribution is 2.45. The Balaban J connectivity index is 2.60. The molecule has 0 saturated heterocycles. The summed E-state index contributed by atoms with van der Waals surface area (Å²) in [6.45, 7) is 1.34. The number of methoxy groups -OCH3 is 2. The molecular weight excluding hydrogens is 284 g/mol. The number of Topliss-reactive ketones (excluding diaryl/α,β-unsaturated/α-hetero) is 1. The van der Waals surface area contributed by atoms with E-state index in [0.717, 1.165) is 0 Å². The van der Waals surface area contributed by atoms with Gasteiger partial charge in [-0.15, -0.1) is 5.11 Å². The van der Waals surface area contributed by atoms with Crippen LogP contribution in [0.4, 0.5) is 11.4 Å². The first-order valence-corrected chi connectivity index (χ1v) is 6.54. The summed E-state index contributed by atoms with van der Waals surface area (Å²) >= 11 is 0. The first-order valence-electron chi connectivity index (χ1n) is 6.54.